The summed E-state index contributed by atoms with van der Waals surface area (Å²) in [5.41, 5.74) is 4.33. The highest BCUT2D eigenvalue weighted by atomic mass is 32.2. The van der Waals surface area contributed by atoms with Crippen LogP contribution >= 0.6 is 11.8 Å². The zero-order chi connectivity index (χ0) is 21.2. The van der Waals surface area contributed by atoms with Crippen molar-refractivity contribution in [3.05, 3.63) is 102 Å². The highest BCUT2D eigenvalue weighted by molar-refractivity contribution is 8.02. The number of hydrogen-bond acceptors (Lipinski definition) is 4. The number of carbonyl (C=O) groups is 1. The Morgan fingerprint density at radius 3 is 2.23 bits per heavy atom. The van der Waals surface area contributed by atoms with Gasteiger partial charge >= 0.3 is 5.97 Å². The summed E-state index contributed by atoms with van der Waals surface area (Å²) in [7, 11) is 1.49. The van der Waals surface area contributed by atoms with Gasteiger partial charge in [0, 0.05) is 5.92 Å². The maximum atomic E-state index is 13.3. The quantitative estimate of drug-likeness (QED) is 0.424. The molecule has 31 heavy (non-hydrogen) atoms. The van der Waals surface area contributed by atoms with E-state index in [0.29, 0.717) is 0 Å². The Kier molecular flexibility index (Phi) is 3.90. The molecule has 0 aliphatic carbocycles. The molecule has 0 N–H and O–H groups in total. The molecule has 1 aromatic heterocycles. The fourth-order valence-corrected chi connectivity index (χ4v) is 7.96. The van der Waals surface area contributed by atoms with Gasteiger partial charge in [-0.05, 0) is 23.3 Å². The number of carbonyl (C=O) groups excluding carboxylic acids is 1. The van der Waals surface area contributed by atoms with E-state index in [1.807, 2.05) is 42.1 Å². The molecule has 3 aromatic carbocycles. The topological polar surface area (TPSA) is 44.1 Å². The fourth-order valence-electron chi connectivity index (χ4n) is 5.70. The number of nitrogens with zero attached hydrogens (tertiary/aromatic N) is 2. The Labute approximate surface area is 185 Å². The van der Waals surface area contributed by atoms with Gasteiger partial charge in [0.2, 0.25) is 0 Å². The monoisotopic (exact) mass is 426 g/mol. The fraction of sp³-hybridized carbons (Fsp3) is 0.231. The predicted octanol–water partition coefficient (Wildman–Crippen LogP) is 5.17. The van der Waals surface area contributed by atoms with Crippen LogP contribution in [0.1, 0.15) is 23.9 Å². The minimum Gasteiger partial charge on any atom is -0.469 e. The minimum absolute atomic E-state index is 0.00216. The Balaban J connectivity index is 1.77. The Morgan fingerprint density at radius 2 is 1.55 bits per heavy atom. The molecule has 0 unspecified atom stereocenters. The molecule has 4 nitrogen and oxygen atoms in total. The van der Waals surface area contributed by atoms with E-state index < -0.39 is 9.62 Å². The van der Waals surface area contributed by atoms with Crippen LogP contribution in [0, 0.1) is 11.8 Å². The van der Waals surface area contributed by atoms with Crippen molar-refractivity contribution >= 4 is 28.8 Å². The van der Waals surface area contributed by atoms with Crippen LogP contribution in [0.3, 0.4) is 0 Å². The highest BCUT2D eigenvalue weighted by Crippen LogP contribution is 2.74. The number of esters is 1. The highest BCUT2D eigenvalue weighted by Gasteiger charge is 2.73. The first kappa shape index (κ1) is 18.7. The molecule has 154 valence electrons. The molecular formula is C26H22N2O2S. The summed E-state index contributed by atoms with van der Waals surface area (Å²) >= 11 is 1.84. The normalized spacial score (nSPS) is 28.6. The molecule has 0 spiro atoms. The second-order valence-corrected chi connectivity index (χ2v) is 9.79. The van der Waals surface area contributed by atoms with Crippen LogP contribution in [0.15, 0.2) is 84.9 Å². The third-order valence-electron chi connectivity index (χ3n) is 6.94. The van der Waals surface area contributed by atoms with Gasteiger partial charge in [0.25, 0.3) is 0 Å². The van der Waals surface area contributed by atoms with Gasteiger partial charge in [-0.1, -0.05) is 79.7 Å². The largest absolute Gasteiger partial charge is 0.469 e. The number of hydrogen-bond donors (Lipinski definition) is 0. The lowest BCUT2D eigenvalue weighted by Gasteiger charge is -2.39. The van der Waals surface area contributed by atoms with Gasteiger partial charge in [0.15, 0.2) is 0 Å². The average molecular weight is 427 g/mol. The molecule has 4 aromatic rings. The van der Waals surface area contributed by atoms with Crippen molar-refractivity contribution in [2.75, 3.05) is 7.11 Å². The van der Waals surface area contributed by atoms with Gasteiger partial charge in [0.05, 0.1) is 24.1 Å². The number of rotatable bonds is 3. The lowest BCUT2D eigenvalue weighted by atomic mass is 9.70. The standard InChI is InChI=1S/C26H22N2O2S/c1-17-22(23(29)30-2)25(18-11-5-3-6-12-18)24-27-20-15-9-10-16-21(20)28(24)26(17,31-25)19-13-7-4-8-14-19/h3-17,22H,1-2H3/t17-,22+,25+,26-/m0/s1. The molecule has 0 radical (unpaired) electrons. The first-order valence-electron chi connectivity index (χ1n) is 10.5. The van der Waals surface area contributed by atoms with Gasteiger partial charge in [-0.25, -0.2) is 4.98 Å². The van der Waals surface area contributed by atoms with Gasteiger partial charge in [-0.15, -0.1) is 11.8 Å². The maximum Gasteiger partial charge on any atom is 0.311 e. The van der Waals surface area contributed by atoms with Crippen LogP contribution in [-0.4, -0.2) is 22.6 Å². The Morgan fingerprint density at radius 1 is 0.935 bits per heavy atom. The lowest BCUT2D eigenvalue weighted by molar-refractivity contribution is -0.149. The lowest BCUT2D eigenvalue weighted by Crippen LogP contribution is -2.47. The number of aromatic nitrogens is 2. The van der Waals surface area contributed by atoms with Crippen molar-refractivity contribution in [3.63, 3.8) is 0 Å². The Bertz CT molecular complexity index is 1300. The van der Waals surface area contributed by atoms with Gasteiger partial charge in [0.1, 0.15) is 15.4 Å². The first-order valence-corrected chi connectivity index (χ1v) is 11.3. The third-order valence-corrected chi connectivity index (χ3v) is 9.04. The van der Waals surface area contributed by atoms with E-state index in [2.05, 4.69) is 66.1 Å². The molecule has 6 rings (SSSR count). The SMILES string of the molecule is COC(=O)[C@H]1[C@H](C)[C@@]2(c3ccccc3)S[C@@]1(c1ccccc1)c1nc3ccccc3n12. The smallest absolute Gasteiger partial charge is 0.311 e. The summed E-state index contributed by atoms with van der Waals surface area (Å²) in [6, 6.07) is 29.1. The molecular weight excluding hydrogens is 404 g/mol. The molecule has 1 saturated heterocycles. The van der Waals surface area contributed by atoms with Crippen LogP contribution in [0.25, 0.3) is 11.0 Å². The molecule has 2 bridgehead atoms. The van der Waals surface area contributed by atoms with Crippen molar-refractivity contribution in [1.82, 2.24) is 9.55 Å². The van der Waals surface area contributed by atoms with Crippen molar-refractivity contribution in [2.24, 2.45) is 11.8 Å². The predicted molar refractivity (Wildman–Crippen MR) is 123 cm³/mol. The van der Waals surface area contributed by atoms with Crippen LogP contribution < -0.4 is 0 Å². The van der Waals surface area contributed by atoms with Crippen LogP contribution in [-0.2, 0) is 19.1 Å². The molecule has 4 atom stereocenters. The molecule has 2 aliphatic rings. The van der Waals surface area contributed by atoms with E-state index in [9.17, 15) is 4.79 Å². The van der Waals surface area contributed by atoms with Gasteiger partial charge in [-0.2, -0.15) is 0 Å². The third kappa shape index (κ3) is 2.17. The summed E-state index contributed by atoms with van der Waals surface area (Å²) in [6.07, 6.45) is 0. The molecule has 0 amide bonds. The number of imidazole rings is 1. The summed E-state index contributed by atoms with van der Waals surface area (Å²) in [5.74, 6) is 0.397. The number of ether oxygens (including phenoxy) is 1. The van der Waals surface area contributed by atoms with Crippen molar-refractivity contribution in [2.45, 2.75) is 16.5 Å². The summed E-state index contributed by atoms with van der Waals surface area (Å²) in [4.78, 5) is 18.0. The number of thioether (sulfide) groups is 1. The molecule has 2 aliphatic heterocycles. The molecule has 0 saturated carbocycles. The Hall–Kier alpha value is -3.05. The zero-order valence-corrected chi connectivity index (χ0v) is 18.2. The van der Waals surface area contributed by atoms with E-state index in [0.717, 1.165) is 22.4 Å². The summed E-state index contributed by atoms with van der Waals surface area (Å²) < 4.78 is 7.15. The van der Waals surface area contributed by atoms with Crippen molar-refractivity contribution in [3.8, 4) is 0 Å². The molecule has 3 heterocycles. The van der Waals surface area contributed by atoms with Crippen molar-refractivity contribution < 1.29 is 9.53 Å². The van der Waals surface area contributed by atoms with E-state index >= 15 is 0 Å². The number of fused-ring (bicyclic) bond motifs is 7. The van der Waals surface area contributed by atoms with Gasteiger partial charge < -0.3 is 9.30 Å². The van der Waals surface area contributed by atoms with Crippen LogP contribution in [0.4, 0.5) is 0 Å². The zero-order valence-electron chi connectivity index (χ0n) is 17.4. The second kappa shape index (κ2) is 6.47. The van der Waals surface area contributed by atoms with Crippen molar-refractivity contribution in [1.29, 1.82) is 0 Å². The average Bonchev–Trinajstić information content (AvgIpc) is 3.44. The van der Waals surface area contributed by atoms with Crippen LogP contribution in [0.2, 0.25) is 0 Å². The van der Waals surface area contributed by atoms with Crippen LogP contribution in [0.5, 0.6) is 0 Å². The maximum absolute atomic E-state index is 13.3. The van der Waals surface area contributed by atoms with Gasteiger partial charge in [-0.3, -0.25) is 4.79 Å². The number of benzene rings is 3. The first-order chi connectivity index (χ1) is 15.1. The second-order valence-electron chi connectivity index (χ2n) is 8.32. The molecule has 1 fully saturated rings. The van der Waals surface area contributed by atoms with E-state index in [1.165, 1.54) is 12.7 Å². The number of para-hydroxylation sites is 2. The summed E-state index contributed by atoms with van der Waals surface area (Å²) in [5, 5.41) is 0. The minimum atomic E-state index is -0.622. The summed E-state index contributed by atoms with van der Waals surface area (Å²) in [6.45, 7) is 2.18. The number of methoxy groups -OCH3 is 1. The van der Waals surface area contributed by atoms with E-state index in [-0.39, 0.29) is 17.8 Å². The van der Waals surface area contributed by atoms with E-state index in [1.54, 1.807) is 0 Å². The van der Waals surface area contributed by atoms with E-state index in [4.69, 9.17) is 9.72 Å². The molecule has 5 heteroatoms.